The maximum absolute atomic E-state index is 9.49. The van der Waals surface area contributed by atoms with Crippen LogP contribution in [0.3, 0.4) is 0 Å². The molecule has 2 rings (SSSR count). The third-order valence-corrected chi connectivity index (χ3v) is 1.97. The molecule has 2 aromatic rings. The lowest BCUT2D eigenvalue weighted by atomic mass is 10.3. The normalized spacial score (nSPS) is 10.1. The van der Waals surface area contributed by atoms with Gasteiger partial charge in [0.15, 0.2) is 11.5 Å². The number of phenolic OH excluding ortho intramolecular Hbond substituents is 1. The molecule has 0 aliphatic rings. The SMILES string of the molecule is NCc1ccnc(Oc2ccccc2O)n1. The molecule has 5 nitrogen and oxygen atoms in total. The monoisotopic (exact) mass is 217 g/mol. The minimum atomic E-state index is 0.0456. The number of nitrogens with two attached hydrogens (primary N) is 1. The maximum atomic E-state index is 9.49. The van der Waals surface area contributed by atoms with Crippen LogP contribution in [0.4, 0.5) is 0 Å². The Bertz CT molecular complexity index is 488. The lowest BCUT2D eigenvalue weighted by Gasteiger charge is -2.05. The van der Waals surface area contributed by atoms with Crippen LogP contribution < -0.4 is 10.5 Å². The van der Waals surface area contributed by atoms with Crippen LogP contribution in [0.25, 0.3) is 0 Å². The highest BCUT2D eigenvalue weighted by atomic mass is 16.5. The zero-order valence-electron chi connectivity index (χ0n) is 8.50. The van der Waals surface area contributed by atoms with Crippen molar-refractivity contribution in [3.63, 3.8) is 0 Å². The molecule has 0 saturated heterocycles. The number of phenols is 1. The van der Waals surface area contributed by atoms with Crippen molar-refractivity contribution in [1.29, 1.82) is 0 Å². The molecule has 0 aliphatic heterocycles. The standard InChI is InChI=1S/C11H11N3O2/c12-7-8-5-6-13-11(14-8)16-10-4-2-1-3-9(10)15/h1-6,15H,7,12H2. The van der Waals surface area contributed by atoms with Crippen molar-refractivity contribution in [1.82, 2.24) is 9.97 Å². The van der Waals surface area contributed by atoms with E-state index in [0.717, 1.165) is 0 Å². The van der Waals surface area contributed by atoms with Crippen molar-refractivity contribution in [3.8, 4) is 17.5 Å². The summed E-state index contributed by atoms with van der Waals surface area (Å²) in [5.74, 6) is 0.362. The molecule has 1 aromatic carbocycles. The lowest BCUT2D eigenvalue weighted by molar-refractivity contribution is 0.391. The lowest BCUT2D eigenvalue weighted by Crippen LogP contribution is -2.01. The Morgan fingerprint density at radius 1 is 1.25 bits per heavy atom. The first kappa shape index (κ1) is 10.4. The summed E-state index contributed by atoms with van der Waals surface area (Å²) in [5, 5.41) is 9.49. The molecule has 0 aliphatic carbocycles. The van der Waals surface area contributed by atoms with Gasteiger partial charge in [0, 0.05) is 12.7 Å². The second-order valence-corrected chi connectivity index (χ2v) is 3.10. The molecular weight excluding hydrogens is 206 g/mol. The van der Waals surface area contributed by atoms with Crippen LogP contribution in [-0.4, -0.2) is 15.1 Å². The molecule has 0 spiro atoms. The van der Waals surface area contributed by atoms with Gasteiger partial charge in [0.05, 0.1) is 5.69 Å². The molecule has 3 N–H and O–H groups in total. The van der Waals surface area contributed by atoms with E-state index in [0.29, 0.717) is 18.0 Å². The molecule has 0 unspecified atom stereocenters. The Morgan fingerprint density at radius 3 is 2.81 bits per heavy atom. The average Bonchev–Trinajstić information content (AvgIpc) is 2.32. The molecule has 0 fully saturated rings. The minimum absolute atomic E-state index is 0.0456. The Balaban J connectivity index is 2.24. The van der Waals surface area contributed by atoms with E-state index < -0.39 is 0 Å². The molecule has 1 heterocycles. The number of rotatable bonds is 3. The zero-order chi connectivity index (χ0) is 11.4. The van der Waals surface area contributed by atoms with Gasteiger partial charge in [0.25, 0.3) is 0 Å². The van der Waals surface area contributed by atoms with Gasteiger partial charge in [-0.25, -0.2) is 4.98 Å². The maximum Gasteiger partial charge on any atom is 0.322 e. The molecule has 16 heavy (non-hydrogen) atoms. The largest absolute Gasteiger partial charge is 0.504 e. The van der Waals surface area contributed by atoms with E-state index in [-0.39, 0.29) is 11.8 Å². The third-order valence-electron chi connectivity index (χ3n) is 1.97. The van der Waals surface area contributed by atoms with Gasteiger partial charge in [-0.2, -0.15) is 4.98 Å². The van der Waals surface area contributed by atoms with Crippen molar-refractivity contribution in [2.24, 2.45) is 5.73 Å². The van der Waals surface area contributed by atoms with Crippen molar-refractivity contribution in [2.45, 2.75) is 6.54 Å². The summed E-state index contributed by atoms with van der Waals surface area (Å²) < 4.78 is 5.32. The quantitative estimate of drug-likeness (QED) is 0.812. The number of ether oxygens (including phenoxy) is 1. The summed E-state index contributed by atoms with van der Waals surface area (Å²) in [6.45, 7) is 0.319. The van der Waals surface area contributed by atoms with E-state index in [9.17, 15) is 5.11 Å². The summed E-state index contributed by atoms with van der Waals surface area (Å²) >= 11 is 0. The zero-order valence-corrected chi connectivity index (χ0v) is 8.50. The van der Waals surface area contributed by atoms with E-state index in [1.54, 1.807) is 30.5 Å². The topological polar surface area (TPSA) is 81.3 Å². The number of nitrogens with zero attached hydrogens (tertiary/aromatic N) is 2. The Labute approximate surface area is 92.5 Å². The first-order chi connectivity index (χ1) is 7.79. The van der Waals surface area contributed by atoms with E-state index >= 15 is 0 Å². The van der Waals surface area contributed by atoms with Gasteiger partial charge in [0.1, 0.15) is 0 Å². The highest BCUT2D eigenvalue weighted by molar-refractivity contribution is 5.39. The second-order valence-electron chi connectivity index (χ2n) is 3.10. The smallest absolute Gasteiger partial charge is 0.322 e. The molecular formula is C11H11N3O2. The second kappa shape index (κ2) is 4.59. The highest BCUT2D eigenvalue weighted by Gasteiger charge is 2.04. The van der Waals surface area contributed by atoms with Crippen molar-refractivity contribution >= 4 is 0 Å². The fourth-order valence-corrected chi connectivity index (χ4v) is 1.18. The highest BCUT2D eigenvalue weighted by Crippen LogP contribution is 2.27. The van der Waals surface area contributed by atoms with Gasteiger partial charge < -0.3 is 15.6 Å². The molecule has 0 saturated carbocycles. The fraction of sp³-hybridized carbons (Fsp3) is 0.0909. The van der Waals surface area contributed by atoms with Gasteiger partial charge in [-0.15, -0.1) is 0 Å². The van der Waals surface area contributed by atoms with Gasteiger partial charge in [-0.3, -0.25) is 0 Å². The first-order valence-electron chi connectivity index (χ1n) is 4.77. The van der Waals surface area contributed by atoms with E-state index in [4.69, 9.17) is 10.5 Å². The molecule has 0 radical (unpaired) electrons. The summed E-state index contributed by atoms with van der Waals surface area (Å²) in [6, 6.07) is 8.50. The Hall–Kier alpha value is -2.14. The van der Waals surface area contributed by atoms with Crippen LogP contribution in [0, 0.1) is 0 Å². The van der Waals surface area contributed by atoms with Crippen molar-refractivity contribution < 1.29 is 9.84 Å². The van der Waals surface area contributed by atoms with Crippen molar-refractivity contribution in [3.05, 3.63) is 42.2 Å². The number of hydrogen-bond acceptors (Lipinski definition) is 5. The molecule has 0 amide bonds. The third kappa shape index (κ3) is 2.26. The number of aromatic hydroxyl groups is 1. The van der Waals surface area contributed by atoms with Crippen LogP contribution in [0.5, 0.6) is 17.5 Å². The minimum Gasteiger partial charge on any atom is -0.504 e. The van der Waals surface area contributed by atoms with E-state index in [1.807, 2.05) is 0 Å². The first-order valence-corrected chi connectivity index (χ1v) is 4.77. The van der Waals surface area contributed by atoms with E-state index in [1.165, 1.54) is 6.07 Å². The predicted octanol–water partition coefficient (Wildman–Crippen LogP) is 1.43. The molecule has 82 valence electrons. The van der Waals surface area contributed by atoms with Crippen LogP contribution in [0.2, 0.25) is 0 Å². The Kier molecular flexibility index (Phi) is 2.98. The number of aromatic nitrogens is 2. The van der Waals surface area contributed by atoms with Gasteiger partial charge >= 0.3 is 6.01 Å². The molecule has 1 aromatic heterocycles. The fourth-order valence-electron chi connectivity index (χ4n) is 1.18. The summed E-state index contributed by atoms with van der Waals surface area (Å²) in [5.41, 5.74) is 6.13. The van der Waals surface area contributed by atoms with Gasteiger partial charge in [-0.1, -0.05) is 12.1 Å². The average molecular weight is 217 g/mol. The van der Waals surface area contributed by atoms with Crippen LogP contribution in [0.15, 0.2) is 36.5 Å². The predicted molar refractivity (Wildman–Crippen MR) is 58.1 cm³/mol. The van der Waals surface area contributed by atoms with Crippen LogP contribution in [0.1, 0.15) is 5.69 Å². The number of para-hydroxylation sites is 2. The van der Waals surface area contributed by atoms with Gasteiger partial charge in [0.2, 0.25) is 0 Å². The van der Waals surface area contributed by atoms with Gasteiger partial charge in [-0.05, 0) is 18.2 Å². The van der Waals surface area contributed by atoms with Crippen molar-refractivity contribution in [2.75, 3.05) is 0 Å². The van der Waals surface area contributed by atoms with Crippen LogP contribution in [-0.2, 0) is 6.54 Å². The molecule has 5 heteroatoms. The number of benzene rings is 1. The summed E-state index contributed by atoms with van der Waals surface area (Å²) in [6.07, 6.45) is 1.56. The molecule has 0 atom stereocenters. The van der Waals surface area contributed by atoms with Crippen LogP contribution >= 0.6 is 0 Å². The summed E-state index contributed by atoms with van der Waals surface area (Å²) in [7, 11) is 0. The Morgan fingerprint density at radius 2 is 2.06 bits per heavy atom. The molecule has 0 bridgehead atoms. The number of hydrogen-bond donors (Lipinski definition) is 2. The summed E-state index contributed by atoms with van der Waals surface area (Å²) in [4.78, 5) is 7.98. The van der Waals surface area contributed by atoms with E-state index in [2.05, 4.69) is 9.97 Å².